The second-order valence-electron chi connectivity index (χ2n) is 7.08. The predicted molar refractivity (Wildman–Crippen MR) is 138 cm³/mol. The van der Waals surface area contributed by atoms with E-state index in [1.807, 2.05) is 23.5 Å². The number of unbranched alkanes of at least 4 members (excludes halogenated alkanes) is 3. The quantitative estimate of drug-likeness (QED) is 0.164. The molecule has 0 spiro atoms. The molecule has 0 aliphatic carbocycles. The Morgan fingerprint density at radius 1 is 0.786 bits per heavy atom. The molecule has 0 saturated carbocycles. The lowest BCUT2D eigenvalue weighted by Crippen LogP contribution is -2.16. The van der Waals surface area contributed by atoms with Crippen LogP contribution in [0.4, 0.5) is 0 Å². The molecule has 0 aromatic heterocycles. The Morgan fingerprint density at radius 3 is 1.50 bits per heavy atom. The predicted octanol–water partition coefficient (Wildman–Crippen LogP) is 8.59. The fourth-order valence-electron chi connectivity index (χ4n) is 3.16. The fourth-order valence-corrected chi connectivity index (χ4v) is 17.6. The number of nitrogens with zero attached hydrogens (tertiary/aromatic N) is 2. The molecule has 0 amide bonds. The molecular formula is C21H36N2PS4+. The lowest BCUT2D eigenvalue weighted by molar-refractivity contribution is 0.836. The summed E-state index contributed by atoms with van der Waals surface area (Å²) in [6.45, 7) is 6.98. The van der Waals surface area contributed by atoms with E-state index in [0.29, 0.717) is 17.2 Å². The number of hydrogen-bond acceptors (Lipinski definition) is 6. The Kier molecular flexibility index (Phi) is 15.4. The van der Waals surface area contributed by atoms with Crippen molar-refractivity contribution in [3.63, 3.8) is 0 Å². The topological polar surface area (TPSA) is 47.6 Å². The zero-order chi connectivity index (χ0) is 20.7. The van der Waals surface area contributed by atoms with Crippen LogP contribution in [0.5, 0.6) is 0 Å². The molecule has 0 saturated heterocycles. The standard InChI is InChI=1S/C21H36N2PS4/c1-4-7-14-24(15-8-5-2,16-9-6-3)21-27-19(25-17-10-12-22)20(28-21)26-18-11-13-23/h21H,4-11,14-18H2,1-3H3/q+1. The Morgan fingerprint density at radius 2 is 1.18 bits per heavy atom. The first-order chi connectivity index (χ1) is 13.7. The molecule has 1 aliphatic heterocycles. The van der Waals surface area contributed by atoms with Gasteiger partial charge in [-0.3, -0.25) is 0 Å². The van der Waals surface area contributed by atoms with E-state index in [1.54, 1.807) is 0 Å². The summed E-state index contributed by atoms with van der Waals surface area (Å²) >= 11 is 8.01. The van der Waals surface area contributed by atoms with Gasteiger partial charge in [-0.15, -0.1) is 23.5 Å². The second kappa shape index (κ2) is 16.3. The van der Waals surface area contributed by atoms with E-state index < -0.39 is 7.26 Å². The maximum Gasteiger partial charge on any atom is 0.169 e. The molecule has 0 fully saturated rings. The van der Waals surface area contributed by atoms with E-state index in [0.717, 1.165) is 11.5 Å². The third kappa shape index (κ3) is 9.14. The van der Waals surface area contributed by atoms with Crippen molar-refractivity contribution >= 4 is 54.3 Å². The number of hydrogen-bond donors (Lipinski definition) is 0. The second-order valence-corrected chi connectivity index (χ2v) is 17.3. The smallest absolute Gasteiger partial charge is 0.169 e. The van der Waals surface area contributed by atoms with Crippen LogP contribution in [0, 0.1) is 22.7 Å². The Balaban J connectivity index is 2.98. The van der Waals surface area contributed by atoms with Gasteiger partial charge in [0.2, 0.25) is 0 Å². The van der Waals surface area contributed by atoms with Gasteiger partial charge in [0.15, 0.2) is 4.32 Å². The van der Waals surface area contributed by atoms with Crippen molar-refractivity contribution in [3.05, 3.63) is 8.47 Å². The summed E-state index contributed by atoms with van der Waals surface area (Å²) in [5, 5.41) is 17.8. The van der Waals surface area contributed by atoms with E-state index in [1.165, 1.54) is 65.5 Å². The minimum atomic E-state index is -1.02. The van der Waals surface area contributed by atoms with Crippen LogP contribution in [0.25, 0.3) is 0 Å². The molecule has 1 aliphatic rings. The Hall–Kier alpha value is 0.550. The highest BCUT2D eigenvalue weighted by Gasteiger charge is 2.49. The summed E-state index contributed by atoms with van der Waals surface area (Å²) < 4.78 is 3.59. The lowest BCUT2D eigenvalue weighted by Gasteiger charge is -2.32. The molecule has 0 atom stereocenters. The van der Waals surface area contributed by atoms with Crippen LogP contribution >= 0.6 is 54.3 Å². The third-order valence-corrected chi connectivity index (χ3v) is 18.0. The van der Waals surface area contributed by atoms with Gasteiger partial charge in [-0.05, 0) is 19.3 Å². The summed E-state index contributed by atoms with van der Waals surface area (Å²) in [5.74, 6) is 1.78. The minimum Gasteiger partial charge on any atom is -0.198 e. The van der Waals surface area contributed by atoms with E-state index in [2.05, 4.69) is 56.4 Å². The van der Waals surface area contributed by atoms with Crippen LogP contribution < -0.4 is 0 Å². The van der Waals surface area contributed by atoms with Crippen molar-refractivity contribution in [1.82, 2.24) is 0 Å². The van der Waals surface area contributed by atoms with Gasteiger partial charge in [-0.2, -0.15) is 10.5 Å². The minimum absolute atomic E-state index is 0.613. The largest absolute Gasteiger partial charge is 0.198 e. The van der Waals surface area contributed by atoms with Crippen LogP contribution in [0.2, 0.25) is 0 Å². The van der Waals surface area contributed by atoms with Gasteiger partial charge in [0, 0.05) is 31.6 Å². The molecule has 1 rings (SSSR count). The van der Waals surface area contributed by atoms with Crippen molar-refractivity contribution in [1.29, 1.82) is 10.5 Å². The van der Waals surface area contributed by atoms with Gasteiger partial charge in [-0.25, -0.2) is 0 Å². The molecule has 2 nitrogen and oxygen atoms in total. The molecule has 0 aromatic rings. The van der Waals surface area contributed by atoms with Gasteiger partial charge >= 0.3 is 0 Å². The van der Waals surface area contributed by atoms with Crippen LogP contribution in [0.15, 0.2) is 8.47 Å². The number of thioether (sulfide) groups is 4. The van der Waals surface area contributed by atoms with Crippen LogP contribution in [0.1, 0.15) is 72.1 Å². The van der Waals surface area contributed by atoms with E-state index in [9.17, 15) is 0 Å². The van der Waals surface area contributed by atoms with Crippen LogP contribution in [-0.2, 0) is 0 Å². The molecule has 1 heterocycles. The molecule has 0 aromatic carbocycles. The molecule has 0 radical (unpaired) electrons. The van der Waals surface area contributed by atoms with Crippen LogP contribution in [0.3, 0.4) is 0 Å². The number of rotatable bonds is 16. The molecule has 7 heteroatoms. The highest BCUT2D eigenvalue weighted by Crippen LogP contribution is 2.76. The fraction of sp³-hybridized carbons (Fsp3) is 0.810. The van der Waals surface area contributed by atoms with E-state index in [-0.39, 0.29) is 0 Å². The first-order valence-electron chi connectivity index (χ1n) is 10.6. The molecule has 0 N–H and O–H groups in total. The van der Waals surface area contributed by atoms with Crippen LogP contribution in [-0.4, -0.2) is 34.3 Å². The Bertz CT molecular complexity index is 500. The van der Waals surface area contributed by atoms with Gasteiger partial charge in [0.25, 0.3) is 0 Å². The van der Waals surface area contributed by atoms with Crippen molar-refractivity contribution in [2.75, 3.05) is 30.0 Å². The van der Waals surface area contributed by atoms with Gasteiger partial charge < -0.3 is 0 Å². The van der Waals surface area contributed by atoms with Gasteiger partial charge in [-0.1, -0.05) is 63.6 Å². The highest BCUT2D eigenvalue weighted by atomic mass is 32.3. The first-order valence-corrected chi connectivity index (χ1v) is 16.7. The van der Waals surface area contributed by atoms with Crippen molar-refractivity contribution in [2.45, 2.75) is 76.5 Å². The monoisotopic (exact) mass is 475 g/mol. The molecule has 158 valence electrons. The van der Waals surface area contributed by atoms with Crippen molar-refractivity contribution in [3.8, 4) is 12.1 Å². The molecule has 0 unspecified atom stereocenters. The van der Waals surface area contributed by atoms with Crippen molar-refractivity contribution < 1.29 is 0 Å². The van der Waals surface area contributed by atoms with Gasteiger partial charge in [0.05, 0.1) is 39.1 Å². The van der Waals surface area contributed by atoms with Gasteiger partial charge in [0.1, 0.15) is 0 Å². The SMILES string of the molecule is CCCC[P+](CCCC)(CCCC)C1SC(SCCC#N)=C(SCCC#N)S1. The third-order valence-electron chi connectivity index (χ3n) is 4.79. The maximum absolute atomic E-state index is 8.92. The van der Waals surface area contributed by atoms with Crippen molar-refractivity contribution in [2.24, 2.45) is 0 Å². The maximum atomic E-state index is 8.92. The average Bonchev–Trinajstić information content (AvgIpc) is 3.12. The summed E-state index contributed by atoms with van der Waals surface area (Å²) in [5.41, 5.74) is 0. The zero-order valence-corrected chi connectivity index (χ0v) is 21.9. The summed E-state index contributed by atoms with van der Waals surface area (Å²) in [6.07, 6.45) is 13.5. The molecule has 28 heavy (non-hydrogen) atoms. The first kappa shape index (κ1) is 26.6. The summed E-state index contributed by atoms with van der Waals surface area (Å²) in [4.78, 5) is 0. The molecule has 0 bridgehead atoms. The summed E-state index contributed by atoms with van der Waals surface area (Å²) in [6, 6.07) is 4.56. The van der Waals surface area contributed by atoms with E-state index in [4.69, 9.17) is 10.5 Å². The molecular weight excluding hydrogens is 439 g/mol. The average molecular weight is 476 g/mol. The number of nitriles is 2. The lowest BCUT2D eigenvalue weighted by atomic mass is 10.4. The zero-order valence-electron chi connectivity index (χ0n) is 17.7. The van der Waals surface area contributed by atoms with E-state index >= 15 is 0 Å². The normalized spacial score (nSPS) is 15.0. The highest BCUT2D eigenvalue weighted by molar-refractivity contribution is 8.41. The Labute approximate surface area is 191 Å². The summed E-state index contributed by atoms with van der Waals surface area (Å²) in [7, 11) is -1.02.